The quantitative estimate of drug-likeness (QED) is 0.667. The number of aryl methyl sites for hydroxylation is 1. The number of allylic oxidation sites excluding steroid dienone is 2. The average molecular weight is 425 g/mol. The molecule has 0 saturated heterocycles. The van der Waals surface area contributed by atoms with Gasteiger partial charge in [-0.15, -0.1) is 0 Å². The number of aromatic nitrogens is 1. The van der Waals surface area contributed by atoms with Crippen molar-refractivity contribution in [2.24, 2.45) is 10.7 Å². The first kappa shape index (κ1) is 21.9. The van der Waals surface area contributed by atoms with Gasteiger partial charge in [0.2, 0.25) is 0 Å². The highest BCUT2D eigenvalue weighted by atomic mass is 32.2. The summed E-state index contributed by atoms with van der Waals surface area (Å²) in [6, 6.07) is 9.35. The maximum Gasteiger partial charge on any atom is 0.257 e. The number of amidine groups is 1. The van der Waals surface area contributed by atoms with Crippen LogP contribution in [0.5, 0.6) is 0 Å². The summed E-state index contributed by atoms with van der Waals surface area (Å²) < 4.78 is 5.42. The van der Waals surface area contributed by atoms with E-state index in [-0.39, 0.29) is 17.5 Å². The van der Waals surface area contributed by atoms with Gasteiger partial charge in [-0.3, -0.25) is 9.79 Å². The number of hydrogen-bond donors (Lipinski definition) is 2. The lowest BCUT2D eigenvalue weighted by Crippen LogP contribution is -2.32. The standard InChI is InChI=1S/C23H28N4O2S/c1-15(23(4)13-14-30-22(24)26-23)9-8-10-16(2)25-21(28)19-17(3)27-29-20(19)18-11-6-5-7-12-18/h5-12,16H,13-14H2,1-4H3,(H2,24,26)(H,25,28)/b10-8-,15-9+. The molecule has 7 heteroatoms. The molecular formula is C23H28N4O2S. The van der Waals surface area contributed by atoms with E-state index in [9.17, 15) is 4.79 Å². The van der Waals surface area contributed by atoms with Crippen molar-refractivity contribution in [3.05, 3.63) is 65.4 Å². The van der Waals surface area contributed by atoms with E-state index in [4.69, 9.17) is 10.3 Å². The second-order valence-corrected chi connectivity index (χ2v) is 8.77. The summed E-state index contributed by atoms with van der Waals surface area (Å²) in [6.45, 7) is 7.86. The number of nitrogens with two attached hydrogens (primary N) is 1. The molecule has 6 nitrogen and oxygen atoms in total. The molecule has 1 aromatic carbocycles. The molecule has 0 fully saturated rings. The van der Waals surface area contributed by atoms with E-state index in [0.29, 0.717) is 22.2 Å². The molecular weight excluding hydrogens is 396 g/mol. The maximum atomic E-state index is 12.9. The Balaban J connectivity index is 1.69. The molecule has 0 spiro atoms. The van der Waals surface area contributed by atoms with Gasteiger partial charge >= 0.3 is 0 Å². The van der Waals surface area contributed by atoms with Gasteiger partial charge in [0.15, 0.2) is 10.9 Å². The molecule has 2 heterocycles. The summed E-state index contributed by atoms with van der Waals surface area (Å²) in [5.41, 5.74) is 8.63. The Hall–Kier alpha value is -2.80. The van der Waals surface area contributed by atoms with Crippen molar-refractivity contribution in [2.75, 3.05) is 5.75 Å². The summed E-state index contributed by atoms with van der Waals surface area (Å²) >= 11 is 1.59. The molecule has 1 amide bonds. The van der Waals surface area contributed by atoms with E-state index in [1.165, 1.54) is 0 Å². The van der Waals surface area contributed by atoms with E-state index in [2.05, 4.69) is 29.3 Å². The molecule has 30 heavy (non-hydrogen) atoms. The fourth-order valence-electron chi connectivity index (χ4n) is 3.27. The third kappa shape index (κ3) is 5.02. The van der Waals surface area contributed by atoms with Crippen LogP contribution in [0.2, 0.25) is 0 Å². The van der Waals surface area contributed by atoms with Gasteiger partial charge in [0.25, 0.3) is 5.91 Å². The van der Waals surface area contributed by atoms with Gasteiger partial charge in [0.05, 0.1) is 11.2 Å². The lowest BCUT2D eigenvalue weighted by Gasteiger charge is -2.30. The molecule has 1 aromatic heterocycles. The van der Waals surface area contributed by atoms with E-state index in [0.717, 1.165) is 23.3 Å². The lowest BCUT2D eigenvalue weighted by atomic mass is 9.90. The molecule has 3 rings (SSSR count). The molecule has 1 aliphatic heterocycles. The van der Waals surface area contributed by atoms with E-state index >= 15 is 0 Å². The fourth-order valence-corrected chi connectivity index (χ4v) is 4.24. The number of nitrogens with zero attached hydrogens (tertiary/aromatic N) is 2. The van der Waals surface area contributed by atoms with Crippen LogP contribution in [0.4, 0.5) is 0 Å². The minimum atomic E-state index is -0.268. The topological polar surface area (TPSA) is 93.5 Å². The van der Waals surface area contributed by atoms with Crippen LogP contribution in [-0.4, -0.2) is 33.6 Å². The van der Waals surface area contributed by atoms with Gasteiger partial charge in [-0.05, 0) is 39.7 Å². The molecule has 2 unspecified atom stereocenters. The van der Waals surface area contributed by atoms with Crippen LogP contribution in [0.1, 0.15) is 43.2 Å². The van der Waals surface area contributed by atoms with Crippen LogP contribution in [0, 0.1) is 6.92 Å². The largest absolute Gasteiger partial charge is 0.379 e. The summed E-state index contributed by atoms with van der Waals surface area (Å²) in [7, 11) is 0. The monoisotopic (exact) mass is 424 g/mol. The number of carbonyl (C=O) groups is 1. The van der Waals surface area contributed by atoms with Crippen molar-refractivity contribution in [3.8, 4) is 11.3 Å². The first-order valence-corrected chi connectivity index (χ1v) is 10.9. The van der Waals surface area contributed by atoms with Crippen molar-refractivity contribution < 1.29 is 9.32 Å². The van der Waals surface area contributed by atoms with E-state index in [1.54, 1.807) is 18.7 Å². The number of thioether (sulfide) groups is 1. The van der Waals surface area contributed by atoms with Crippen molar-refractivity contribution in [1.82, 2.24) is 10.5 Å². The van der Waals surface area contributed by atoms with Crippen LogP contribution in [0.3, 0.4) is 0 Å². The highest BCUT2D eigenvalue weighted by Gasteiger charge is 2.28. The van der Waals surface area contributed by atoms with Crippen molar-refractivity contribution in [2.45, 2.75) is 45.7 Å². The van der Waals surface area contributed by atoms with Crippen molar-refractivity contribution in [3.63, 3.8) is 0 Å². The summed E-state index contributed by atoms with van der Waals surface area (Å²) in [5.74, 6) is 1.24. The third-order valence-corrected chi connectivity index (χ3v) is 6.07. The molecule has 0 bridgehead atoms. The Bertz CT molecular complexity index is 994. The van der Waals surface area contributed by atoms with Gasteiger partial charge in [-0.25, -0.2) is 0 Å². The number of carbonyl (C=O) groups excluding carboxylic acids is 1. The van der Waals surface area contributed by atoms with Gasteiger partial charge in [0, 0.05) is 17.4 Å². The van der Waals surface area contributed by atoms with Crippen LogP contribution < -0.4 is 11.1 Å². The second-order valence-electron chi connectivity index (χ2n) is 7.66. The molecule has 158 valence electrons. The number of nitrogens with one attached hydrogen (secondary N) is 1. The highest BCUT2D eigenvalue weighted by molar-refractivity contribution is 8.13. The predicted molar refractivity (Wildman–Crippen MR) is 124 cm³/mol. The predicted octanol–water partition coefficient (Wildman–Crippen LogP) is 4.48. The van der Waals surface area contributed by atoms with Crippen LogP contribution >= 0.6 is 11.8 Å². The van der Waals surface area contributed by atoms with Crippen LogP contribution in [0.25, 0.3) is 11.3 Å². The zero-order valence-corrected chi connectivity index (χ0v) is 18.6. The molecule has 0 saturated carbocycles. The minimum absolute atomic E-state index is 0.164. The van der Waals surface area contributed by atoms with Crippen LogP contribution in [0.15, 0.2) is 63.6 Å². The Labute approximate surface area is 181 Å². The van der Waals surface area contributed by atoms with Gasteiger partial charge in [0.1, 0.15) is 5.56 Å². The highest BCUT2D eigenvalue weighted by Crippen LogP contribution is 2.31. The van der Waals surface area contributed by atoms with Gasteiger partial charge in [-0.1, -0.05) is 65.5 Å². The Morgan fingerprint density at radius 2 is 2.10 bits per heavy atom. The molecule has 2 aromatic rings. The number of aliphatic imine (C=N–C) groups is 1. The first-order valence-electron chi connectivity index (χ1n) is 9.96. The number of benzene rings is 1. The van der Waals surface area contributed by atoms with Gasteiger partial charge < -0.3 is 15.6 Å². The molecule has 0 aliphatic carbocycles. The van der Waals surface area contributed by atoms with Crippen molar-refractivity contribution >= 4 is 22.8 Å². The van der Waals surface area contributed by atoms with Gasteiger partial charge in [-0.2, -0.15) is 0 Å². The zero-order chi connectivity index (χ0) is 21.7. The summed E-state index contributed by atoms with van der Waals surface area (Å²) in [6.07, 6.45) is 6.89. The number of rotatable bonds is 6. The summed E-state index contributed by atoms with van der Waals surface area (Å²) in [4.78, 5) is 17.5. The second kappa shape index (κ2) is 9.34. The first-order chi connectivity index (χ1) is 14.3. The number of amides is 1. The maximum absolute atomic E-state index is 12.9. The Morgan fingerprint density at radius 1 is 1.37 bits per heavy atom. The van der Waals surface area contributed by atoms with E-state index < -0.39 is 0 Å². The van der Waals surface area contributed by atoms with E-state index in [1.807, 2.05) is 55.5 Å². The summed E-state index contributed by atoms with van der Waals surface area (Å²) in [5, 5.41) is 7.62. The lowest BCUT2D eigenvalue weighted by molar-refractivity contribution is 0.0946. The molecule has 2 atom stereocenters. The Morgan fingerprint density at radius 3 is 2.80 bits per heavy atom. The Kier molecular flexibility index (Phi) is 6.82. The zero-order valence-electron chi connectivity index (χ0n) is 17.8. The molecule has 0 radical (unpaired) electrons. The SMILES string of the molecule is C/C(=C\C=C/C(C)NC(=O)c1c(C)noc1-c1ccccc1)C1(C)CCSC(N)=N1. The van der Waals surface area contributed by atoms with Crippen LogP contribution in [-0.2, 0) is 0 Å². The fraction of sp³-hybridized carbons (Fsp3) is 0.348. The minimum Gasteiger partial charge on any atom is -0.379 e. The smallest absolute Gasteiger partial charge is 0.257 e. The number of hydrogen-bond acceptors (Lipinski definition) is 6. The third-order valence-electron chi connectivity index (χ3n) is 5.28. The molecule has 3 N–H and O–H groups in total. The average Bonchev–Trinajstić information content (AvgIpc) is 3.10. The molecule has 1 aliphatic rings. The normalized spacial score (nSPS) is 20.8. The van der Waals surface area contributed by atoms with Crippen molar-refractivity contribution in [1.29, 1.82) is 0 Å².